The molecule has 4 rings (SSSR count). The first-order chi connectivity index (χ1) is 15.8. The first-order valence-electron chi connectivity index (χ1n) is 10.6. The number of hydrogen-bond donors (Lipinski definition) is 2. The number of nitrogens with one attached hydrogen (secondary N) is 2. The minimum Gasteiger partial charge on any atom is -0.489 e. The fourth-order valence-corrected chi connectivity index (χ4v) is 3.13. The summed E-state index contributed by atoms with van der Waals surface area (Å²) in [6.07, 6.45) is 0. The zero-order chi connectivity index (χ0) is 23.4. The highest BCUT2D eigenvalue weighted by Gasteiger charge is 2.21. The summed E-state index contributed by atoms with van der Waals surface area (Å²) in [5.74, 6) is 1.65. The minimum atomic E-state index is -0.526. The maximum atomic E-state index is 12.8. The average Bonchev–Trinajstić information content (AvgIpc) is 3.25. The lowest BCUT2D eigenvalue weighted by molar-refractivity contribution is -0.123. The summed E-state index contributed by atoms with van der Waals surface area (Å²) in [4.78, 5) is 25.0. The molecule has 1 aliphatic heterocycles. The van der Waals surface area contributed by atoms with Crippen LogP contribution in [0.5, 0.6) is 17.2 Å². The molecular weight excluding hydrogens is 420 g/mol. The Labute approximate surface area is 192 Å². The Kier molecular flexibility index (Phi) is 6.22. The van der Waals surface area contributed by atoms with Gasteiger partial charge < -0.3 is 24.8 Å². The van der Waals surface area contributed by atoms with Gasteiger partial charge in [0.25, 0.3) is 5.91 Å². The number of benzene rings is 3. The number of rotatable bonds is 6. The van der Waals surface area contributed by atoms with E-state index in [1.165, 1.54) is 0 Å². The van der Waals surface area contributed by atoms with Crippen molar-refractivity contribution in [1.82, 2.24) is 0 Å². The molecular formula is C26H26N2O5. The predicted octanol–water partition coefficient (Wildman–Crippen LogP) is 5.23. The maximum Gasteiger partial charge on any atom is 0.255 e. The standard InChI is InChI=1S/C26H26N2O5/c1-26(2,3)25(30)28-20-9-5-7-18(13-20)24(29)27-19-8-4-6-17(12-19)15-31-21-10-11-22-23(14-21)33-16-32-22/h4-14H,15-16H2,1-3H3,(H,27,29)(H,28,30). The second kappa shape index (κ2) is 9.24. The van der Waals surface area contributed by atoms with Crippen LogP contribution in [0.4, 0.5) is 11.4 Å². The van der Waals surface area contributed by atoms with Crippen molar-refractivity contribution in [2.75, 3.05) is 17.4 Å². The zero-order valence-electron chi connectivity index (χ0n) is 18.8. The van der Waals surface area contributed by atoms with E-state index in [1.807, 2.05) is 57.2 Å². The largest absolute Gasteiger partial charge is 0.489 e. The summed E-state index contributed by atoms with van der Waals surface area (Å²) >= 11 is 0. The number of carbonyl (C=O) groups is 2. The quantitative estimate of drug-likeness (QED) is 0.541. The first-order valence-corrected chi connectivity index (χ1v) is 10.6. The van der Waals surface area contributed by atoms with Crippen molar-refractivity contribution in [3.63, 3.8) is 0 Å². The minimum absolute atomic E-state index is 0.116. The van der Waals surface area contributed by atoms with Gasteiger partial charge in [0, 0.05) is 28.4 Å². The van der Waals surface area contributed by atoms with Gasteiger partial charge in [0.05, 0.1) is 0 Å². The van der Waals surface area contributed by atoms with Gasteiger partial charge in [-0.25, -0.2) is 0 Å². The third kappa shape index (κ3) is 5.63. The van der Waals surface area contributed by atoms with Gasteiger partial charge in [-0.2, -0.15) is 0 Å². The van der Waals surface area contributed by atoms with Crippen LogP contribution in [0.3, 0.4) is 0 Å². The number of carbonyl (C=O) groups excluding carboxylic acids is 2. The fourth-order valence-electron chi connectivity index (χ4n) is 3.13. The molecule has 7 nitrogen and oxygen atoms in total. The van der Waals surface area contributed by atoms with Crippen molar-refractivity contribution in [3.05, 3.63) is 77.9 Å². The van der Waals surface area contributed by atoms with Gasteiger partial charge in [-0.05, 0) is 48.0 Å². The Morgan fingerprint density at radius 2 is 1.61 bits per heavy atom. The number of fused-ring (bicyclic) bond motifs is 1. The summed E-state index contributed by atoms with van der Waals surface area (Å²) in [5, 5.41) is 5.74. The average molecular weight is 447 g/mol. The number of ether oxygens (including phenoxy) is 3. The van der Waals surface area contributed by atoms with Gasteiger partial charge >= 0.3 is 0 Å². The Balaban J connectivity index is 1.38. The lowest BCUT2D eigenvalue weighted by Gasteiger charge is -2.18. The van der Waals surface area contributed by atoms with E-state index in [0.717, 1.165) is 5.56 Å². The summed E-state index contributed by atoms with van der Waals surface area (Å²) in [6, 6.07) is 19.7. The third-order valence-corrected chi connectivity index (χ3v) is 5.00. The van der Waals surface area contributed by atoms with Gasteiger partial charge in [0.2, 0.25) is 12.7 Å². The molecule has 1 aliphatic rings. The summed E-state index contributed by atoms with van der Waals surface area (Å²) in [7, 11) is 0. The van der Waals surface area contributed by atoms with E-state index in [4.69, 9.17) is 14.2 Å². The SMILES string of the molecule is CC(C)(C)C(=O)Nc1cccc(C(=O)Nc2cccc(COc3ccc4c(c3)OCO4)c2)c1. The monoisotopic (exact) mass is 446 g/mol. The van der Waals surface area contributed by atoms with E-state index in [0.29, 0.717) is 40.8 Å². The van der Waals surface area contributed by atoms with Gasteiger partial charge in [-0.3, -0.25) is 9.59 Å². The molecule has 0 bridgehead atoms. The molecule has 3 aromatic rings. The highest BCUT2D eigenvalue weighted by atomic mass is 16.7. The fraction of sp³-hybridized carbons (Fsp3) is 0.231. The number of hydrogen-bond acceptors (Lipinski definition) is 5. The molecule has 0 atom stereocenters. The molecule has 2 N–H and O–H groups in total. The van der Waals surface area contributed by atoms with Gasteiger partial charge in [0.1, 0.15) is 12.4 Å². The van der Waals surface area contributed by atoms with E-state index in [9.17, 15) is 9.59 Å². The lowest BCUT2D eigenvalue weighted by Crippen LogP contribution is -2.27. The van der Waals surface area contributed by atoms with Gasteiger partial charge in [-0.1, -0.05) is 39.0 Å². The van der Waals surface area contributed by atoms with E-state index in [2.05, 4.69) is 10.6 Å². The van der Waals surface area contributed by atoms with E-state index in [1.54, 1.807) is 30.3 Å². The van der Waals surface area contributed by atoms with Crippen molar-refractivity contribution >= 4 is 23.2 Å². The van der Waals surface area contributed by atoms with Crippen LogP contribution in [0, 0.1) is 5.41 Å². The normalized spacial score (nSPS) is 12.2. The molecule has 3 aromatic carbocycles. The Hall–Kier alpha value is -4.00. The van der Waals surface area contributed by atoms with Gasteiger partial charge in [0.15, 0.2) is 11.5 Å². The second-order valence-corrected chi connectivity index (χ2v) is 8.74. The number of anilines is 2. The summed E-state index contributed by atoms with van der Waals surface area (Å²) < 4.78 is 16.5. The van der Waals surface area contributed by atoms with Crippen LogP contribution in [-0.2, 0) is 11.4 Å². The molecule has 2 amide bonds. The van der Waals surface area contributed by atoms with Crippen molar-refractivity contribution in [2.24, 2.45) is 5.41 Å². The maximum absolute atomic E-state index is 12.8. The summed E-state index contributed by atoms with van der Waals surface area (Å²) in [6.45, 7) is 6.05. The molecule has 0 aliphatic carbocycles. The molecule has 7 heteroatoms. The Bertz CT molecular complexity index is 1180. The van der Waals surface area contributed by atoms with Crippen LogP contribution < -0.4 is 24.8 Å². The molecule has 1 heterocycles. The van der Waals surface area contributed by atoms with Crippen molar-refractivity contribution in [3.8, 4) is 17.2 Å². The van der Waals surface area contributed by atoms with Crippen molar-refractivity contribution in [2.45, 2.75) is 27.4 Å². The third-order valence-electron chi connectivity index (χ3n) is 5.00. The van der Waals surface area contributed by atoms with Crippen LogP contribution >= 0.6 is 0 Å². The van der Waals surface area contributed by atoms with E-state index < -0.39 is 5.41 Å². The second-order valence-electron chi connectivity index (χ2n) is 8.74. The molecule has 0 radical (unpaired) electrons. The smallest absolute Gasteiger partial charge is 0.255 e. The zero-order valence-corrected chi connectivity index (χ0v) is 18.8. The predicted molar refractivity (Wildman–Crippen MR) is 126 cm³/mol. The van der Waals surface area contributed by atoms with E-state index in [-0.39, 0.29) is 18.6 Å². The first kappa shape index (κ1) is 22.2. The van der Waals surface area contributed by atoms with Crippen LogP contribution in [0.15, 0.2) is 66.7 Å². The van der Waals surface area contributed by atoms with Crippen LogP contribution in [0.1, 0.15) is 36.7 Å². The molecule has 170 valence electrons. The highest BCUT2D eigenvalue weighted by molar-refractivity contribution is 6.05. The molecule has 0 spiro atoms. The van der Waals surface area contributed by atoms with Crippen LogP contribution in [0.25, 0.3) is 0 Å². The Morgan fingerprint density at radius 3 is 2.39 bits per heavy atom. The molecule has 0 saturated heterocycles. The van der Waals surface area contributed by atoms with E-state index >= 15 is 0 Å². The molecule has 0 saturated carbocycles. The molecule has 0 unspecified atom stereocenters. The molecule has 33 heavy (non-hydrogen) atoms. The molecule has 0 fully saturated rings. The van der Waals surface area contributed by atoms with Crippen LogP contribution in [0.2, 0.25) is 0 Å². The lowest BCUT2D eigenvalue weighted by atomic mass is 9.95. The summed E-state index contributed by atoms with van der Waals surface area (Å²) in [5.41, 5.74) is 2.05. The van der Waals surface area contributed by atoms with Crippen LogP contribution in [-0.4, -0.2) is 18.6 Å². The molecule has 0 aromatic heterocycles. The van der Waals surface area contributed by atoms with Gasteiger partial charge in [-0.15, -0.1) is 0 Å². The number of amides is 2. The van der Waals surface area contributed by atoms with Crippen molar-refractivity contribution < 1.29 is 23.8 Å². The highest BCUT2D eigenvalue weighted by Crippen LogP contribution is 2.35. The Morgan fingerprint density at radius 1 is 0.879 bits per heavy atom. The topological polar surface area (TPSA) is 85.9 Å². The van der Waals surface area contributed by atoms with Crippen molar-refractivity contribution in [1.29, 1.82) is 0 Å².